The molecule has 2 aromatic rings. The zero-order valence-corrected chi connectivity index (χ0v) is 18.8. The molecule has 3 rings (SSSR count). The summed E-state index contributed by atoms with van der Waals surface area (Å²) >= 11 is 0. The lowest BCUT2D eigenvalue weighted by atomic mass is 9.85. The molecular weight excluding hydrogens is 437 g/mol. The summed E-state index contributed by atoms with van der Waals surface area (Å²) in [4.78, 5) is 34.6. The molecule has 0 spiro atoms. The third-order valence-electron chi connectivity index (χ3n) is 5.38. The highest BCUT2D eigenvalue weighted by Gasteiger charge is 2.32. The zero-order valence-electron chi connectivity index (χ0n) is 18.8. The predicted molar refractivity (Wildman–Crippen MR) is 114 cm³/mol. The SMILES string of the molecule is CC(C)(C)OC(=O)N[C@H](Cc1cc(F)c(F)cc1F)C1CCN(C(=O)c2ncccn2)CC1. The summed E-state index contributed by atoms with van der Waals surface area (Å²) in [6.07, 6.45) is 3.25. The van der Waals surface area contributed by atoms with E-state index in [0.717, 1.165) is 6.07 Å². The van der Waals surface area contributed by atoms with Crippen LogP contribution in [-0.2, 0) is 11.2 Å². The number of aromatic nitrogens is 2. The second-order valence-electron chi connectivity index (χ2n) is 9.02. The van der Waals surface area contributed by atoms with Crippen molar-refractivity contribution in [1.82, 2.24) is 20.2 Å². The van der Waals surface area contributed by atoms with Gasteiger partial charge in [-0.15, -0.1) is 0 Å². The minimum absolute atomic E-state index is 0.0499. The van der Waals surface area contributed by atoms with Crippen LogP contribution in [0.4, 0.5) is 18.0 Å². The number of benzene rings is 1. The number of alkyl carbamates (subject to hydrolysis) is 1. The van der Waals surface area contributed by atoms with Gasteiger partial charge in [0.1, 0.15) is 11.4 Å². The number of halogens is 3. The van der Waals surface area contributed by atoms with Crippen molar-refractivity contribution in [2.45, 2.75) is 51.7 Å². The molecule has 2 amide bonds. The molecule has 1 aromatic carbocycles. The molecule has 0 bridgehead atoms. The van der Waals surface area contributed by atoms with Crippen molar-refractivity contribution in [1.29, 1.82) is 0 Å². The van der Waals surface area contributed by atoms with Crippen molar-refractivity contribution < 1.29 is 27.5 Å². The lowest BCUT2D eigenvalue weighted by Gasteiger charge is -2.36. The summed E-state index contributed by atoms with van der Waals surface area (Å²) in [6, 6.07) is 2.31. The van der Waals surface area contributed by atoms with Crippen molar-refractivity contribution in [3.8, 4) is 0 Å². The lowest BCUT2D eigenvalue weighted by Crippen LogP contribution is -2.49. The van der Waals surface area contributed by atoms with Gasteiger partial charge in [0, 0.05) is 37.6 Å². The normalized spacial score (nSPS) is 15.8. The van der Waals surface area contributed by atoms with Crippen LogP contribution in [0.3, 0.4) is 0 Å². The minimum atomic E-state index is -1.28. The van der Waals surface area contributed by atoms with Crippen LogP contribution in [0.2, 0.25) is 0 Å². The highest BCUT2D eigenvalue weighted by molar-refractivity contribution is 5.90. The van der Waals surface area contributed by atoms with Crippen LogP contribution in [0.25, 0.3) is 0 Å². The number of ether oxygens (including phenoxy) is 1. The summed E-state index contributed by atoms with van der Waals surface area (Å²) in [6.45, 7) is 5.91. The molecule has 33 heavy (non-hydrogen) atoms. The number of carbonyl (C=O) groups is 2. The first-order valence-electron chi connectivity index (χ1n) is 10.7. The smallest absolute Gasteiger partial charge is 0.407 e. The number of hydrogen-bond donors (Lipinski definition) is 1. The Labute approximate surface area is 190 Å². The Hall–Kier alpha value is -3.17. The molecule has 1 aliphatic heterocycles. The molecule has 1 N–H and O–H groups in total. The standard InChI is InChI=1S/C23H27F3N4O3/c1-23(2,3)33-22(32)29-19(12-15-11-17(25)18(26)13-16(15)24)14-5-9-30(10-6-14)21(31)20-27-7-4-8-28-20/h4,7-8,11,13-14,19H,5-6,9-10,12H2,1-3H3,(H,29,32)/t19-/m1/s1. The van der Waals surface area contributed by atoms with Gasteiger partial charge in [-0.2, -0.15) is 0 Å². The highest BCUT2D eigenvalue weighted by Crippen LogP contribution is 2.26. The summed E-state index contributed by atoms with van der Waals surface area (Å²) < 4.78 is 46.7. The topological polar surface area (TPSA) is 84.4 Å². The molecule has 2 heterocycles. The quantitative estimate of drug-likeness (QED) is 0.679. The number of rotatable bonds is 5. The van der Waals surface area contributed by atoms with Crippen LogP contribution >= 0.6 is 0 Å². The van der Waals surface area contributed by atoms with Crippen LogP contribution in [0.15, 0.2) is 30.6 Å². The Morgan fingerprint density at radius 2 is 1.70 bits per heavy atom. The number of nitrogens with zero attached hydrogens (tertiary/aromatic N) is 3. The third-order valence-corrected chi connectivity index (χ3v) is 5.38. The predicted octanol–water partition coefficient (Wildman–Crippen LogP) is 3.88. The van der Waals surface area contributed by atoms with E-state index in [1.807, 2.05) is 0 Å². The molecule has 1 saturated heterocycles. The molecular formula is C23H27F3N4O3. The monoisotopic (exact) mass is 464 g/mol. The van der Waals surface area contributed by atoms with E-state index < -0.39 is 35.2 Å². The van der Waals surface area contributed by atoms with Gasteiger partial charge in [-0.3, -0.25) is 4.79 Å². The van der Waals surface area contributed by atoms with E-state index >= 15 is 0 Å². The summed E-state index contributed by atoms with van der Waals surface area (Å²) in [5.74, 6) is -3.67. The Bertz CT molecular complexity index is 990. The van der Waals surface area contributed by atoms with Crippen LogP contribution < -0.4 is 5.32 Å². The van der Waals surface area contributed by atoms with Gasteiger partial charge in [0.15, 0.2) is 11.6 Å². The fourth-order valence-electron chi connectivity index (χ4n) is 3.81. The Balaban J connectivity index is 1.73. The van der Waals surface area contributed by atoms with Gasteiger partial charge in [0.25, 0.3) is 5.91 Å². The van der Waals surface area contributed by atoms with Gasteiger partial charge in [-0.25, -0.2) is 27.9 Å². The summed E-state index contributed by atoms with van der Waals surface area (Å²) in [7, 11) is 0. The minimum Gasteiger partial charge on any atom is -0.444 e. The van der Waals surface area contributed by atoms with Crippen LogP contribution in [-0.4, -0.2) is 51.6 Å². The van der Waals surface area contributed by atoms with Crippen molar-refractivity contribution >= 4 is 12.0 Å². The second kappa shape index (κ2) is 10.2. The van der Waals surface area contributed by atoms with E-state index in [0.29, 0.717) is 32.0 Å². The van der Waals surface area contributed by atoms with E-state index in [9.17, 15) is 22.8 Å². The molecule has 0 radical (unpaired) electrons. The Morgan fingerprint density at radius 1 is 1.09 bits per heavy atom. The first kappa shape index (κ1) is 24.5. The van der Waals surface area contributed by atoms with Gasteiger partial charge >= 0.3 is 6.09 Å². The van der Waals surface area contributed by atoms with Crippen molar-refractivity contribution in [2.75, 3.05) is 13.1 Å². The molecule has 178 valence electrons. The van der Waals surface area contributed by atoms with Gasteiger partial charge in [-0.05, 0) is 63.6 Å². The summed E-state index contributed by atoms with van der Waals surface area (Å²) in [5, 5.41) is 2.76. The molecule has 7 nitrogen and oxygen atoms in total. The van der Waals surface area contributed by atoms with Crippen LogP contribution in [0.5, 0.6) is 0 Å². The first-order valence-corrected chi connectivity index (χ1v) is 10.7. The number of hydrogen-bond acceptors (Lipinski definition) is 5. The van der Waals surface area contributed by atoms with Crippen molar-refractivity contribution in [3.05, 3.63) is 59.4 Å². The van der Waals surface area contributed by atoms with E-state index in [4.69, 9.17) is 4.74 Å². The molecule has 0 saturated carbocycles. The highest BCUT2D eigenvalue weighted by atomic mass is 19.2. The van der Waals surface area contributed by atoms with E-state index in [2.05, 4.69) is 15.3 Å². The number of carbonyl (C=O) groups excluding carboxylic acids is 2. The zero-order chi connectivity index (χ0) is 24.2. The average molecular weight is 464 g/mol. The number of nitrogens with one attached hydrogen (secondary N) is 1. The van der Waals surface area contributed by atoms with Crippen LogP contribution in [0.1, 0.15) is 49.8 Å². The average Bonchev–Trinajstić information content (AvgIpc) is 2.76. The number of amides is 2. The third kappa shape index (κ3) is 6.66. The number of piperidine rings is 1. The maximum absolute atomic E-state index is 14.3. The molecule has 0 unspecified atom stereocenters. The molecule has 0 aliphatic carbocycles. The molecule has 1 fully saturated rings. The van der Waals surface area contributed by atoms with Gasteiger partial charge < -0.3 is 15.0 Å². The molecule has 10 heteroatoms. The molecule has 1 aliphatic rings. The van der Waals surface area contributed by atoms with Crippen LogP contribution in [0, 0.1) is 23.4 Å². The fourth-order valence-corrected chi connectivity index (χ4v) is 3.81. The van der Waals surface area contributed by atoms with E-state index in [1.165, 1.54) is 12.4 Å². The lowest BCUT2D eigenvalue weighted by molar-refractivity contribution is 0.0449. The summed E-state index contributed by atoms with van der Waals surface area (Å²) in [5.41, 5.74) is -0.793. The Morgan fingerprint density at radius 3 is 2.30 bits per heavy atom. The van der Waals surface area contributed by atoms with E-state index in [-0.39, 0.29) is 29.6 Å². The number of likely N-dealkylation sites (tertiary alicyclic amines) is 1. The molecule has 1 atom stereocenters. The first-order chi connectivity index (χ1) is 15.5. The van der Waals surface area contributed by atoms with Gasteiger partial charge in [0.05, 0.1) is 0 Å². The van der Waals surface area contributed by atoms with Gasteiger partial charge in [0.2, 0.25) is 5.82 Å². The fraction of sp³-hybridized carbons (Fsp3) is 0.478. The Kier molecular flexibility index (Phi) is 7.55. The van der Waals surface area contributed by atoms with Crippen molar-refractivity contribution in [3.63, 3.8) is 0 Å². The van der Waals surface area contributed by atoms with Crippen molar-refractivity contribution in [2.24, 2.45) is 5.92 Å². The maximum atomic E-state index is 14.3. The molecule has 1 aromatic heterocycles. The van der Waals surface area contributed by atoms with E-state index in [1.54, 1.807) is 31.7 Å². The maximum Gasteiger partial charge on any atom is 0.407 e. The second-order valence-corrected chi connectivity index (χ2v) is 9.02. The van der Waals surface area contributed by atoms with Gasteiger partial charge in [-0.1, -0.05) is 0 Å². The largest absolute Gasteiger partial charge is 0.444 e.